The molecule has 0 saturated heterocycles. The average Bonchev–Trinajstić information content (AvgIpc) is 2.49. The van der Waals surface area contributed by atoms with Crippen molar-refractivity contribution in [3.05, 3.63) is 58.7 Å². The summed E-state index contributed by atoms with van der Waals surface area (Å²) < 4.78 is 11.2. The fourth-order valence-corrected chi connectivity index (χ4v) is 2.82. The molecule has 2 nitrogen and oxygen atoms in total. The SMILES string of the molecule is Cc1cccc(C(Cl)c2ccc3c(c2)OCCO3)c1C. The Hall–Kier alpha value is -1.67. The largest absolute Gasteiger partial charge is 0.486 e. The minimum atomic E-state index is -0.175. The summed E-state index contributed by atoms with van der Waals surface area (Å²) in [4.78, 5) is 0. The molecule has 0 aromatic heterocycles. The molecule has 0 fully saturated rings. The molecule has 2 aromatic rings. The second-order valence-electron chi connectivity index (χ2n) is 5.05. The number of fused-ring (bicyclic) bond motifs is 1. The van der Waals surface area contributed by atoms with E-state index in [0.717, 1.165) is 22.6 Å². The van der Waals surface area contributed by atoms with Gasteiger partial charge in [-0.1, -0.05) is 24.3 Å². The molecule has 2 aromatic carbocycles. The van der Waals surface area contributed by atoms with E-state index in [9.17, 15) is 0 Å². The molecule has 1 atom stereocenters. The van der Waals surface area contributed by atoms with Crippen molar-refractivity contribution in [3.63, 3.8) is 0 Å². The summed E-state index contributed by atoms with van der Waals surface area (Å²) >= 11 is 6.65. The summed E-state index contributed by atoms with van der Waals surface area (Å²) in [5, 5.41) is -0.175. The van der Waals surface area contributed by atoms with Crippen molar-refractivity contribution in [1.82, 2.24) is 0 Å². The molecule has 0 amide bonds. The molecule has 3 rings (SSSR count). The van der Waals surface area contributed by atoms with Gasteiger partial charge in [-0.25, -0.2) is 0 Å². The summed E-state index contributed by atoms with van der Waals surface area (Å²) in [6.45, 7) is 5.41. The third-order valence-electron chi connectivity index (χ3n) is 3.78. The Morgan fingerprint density at radius 2 is 1.75 bits per heavy atom. The highest BCUT2D eigenvalue weighted by molar-refractivity contribution is 6.22. The van der Waals surface area contributed by atoms with Gasteiger partial charge in [0.15, 0.2) is 11.5 Å². The number of hydrogen-bond acceptors (Lipinski definition) is 2. The van der Waals surface area contributed by atoms with Crippen molar-refractivity contribution in [1.29, 1.82) is 0 Å². The molecule has 104 valence electrons. The van der Waals surface area contributed by atoms with E-state index in [0.29, 0.717) is 13.2 Å². The third-order valence-corrected chi connectivity index (χ3v) is 4.27. The van der Waals surface area contributed by atoms with Crippen LogP contribution in [0.25, 0.3) is 0 Å². The standard InChI is InChI=1S/C17H17ClO2/c1-11-4-3-5-14(12(11)2)17(18)13-6-7-15-16(10-13)20-9-8-19-15/h3-7,10,17H,8-9H2,1-2H3. The van der Waals surface area contributed by atoms with Crippen LogP contribution < -0.4 is 9.47 Å². The molecular formula is C17H17ClO2. The highest BCUT2D eigenvalue weighted by atomic mass is 35.5. The van der Waals surface area contributed by atoms with E-state index in [-0.39, 0.29) is 5.38 Å². The Bertz CT molecular complexity index is 637. The van der Waals surface area contributed by atoms with Gasteiger partial charge >= 0.3 is 0 Å². The molecule has 0 spiro atoms. The third kappa shape index (κ3) is 2.36. The predicted octanol–water partition coefficient (Wildman–Crippen LogP) is 4.40. The van der Waals surface area contributed by atoms with Crippen molar-refractivity contribution < 1.29 is 9.47 Å². The van der Waals surface area contributed by atoms with Gasteiger partial charge < -0.3 is 9.47 Å². The first-order chi connectivity index (χ1) is 9.66. The Balaban J connectivity index is 1.98. The summed E-state index contributed by atoms with van der Waals surface area (Å²) in [5.41, 5.74) is 4.67. The lowest BCUT2D eigenvalue weighted by Gasteiger charge is -2.21. The topological polar surface area (TPSA) is 18.5 Å². The minimum absolute atomic E-state index is 0.175. The lowest BCUT2D eigenvalue weighted by atomic mass is 9.96. The van der Waals surface area contributed by atoms with Crippen LogP contribution in [-0.2, 0) is 0 Å². The van der Waals surface area contributed by atoms with Gasteiger partial charge in [-0.2, -0.15) is 0 Å². The molecule has 1 unspecified atom stereocenters. The van der Waals surface area contributed by atoms with Gasteiger partial charge in [-0.3, -0.25) is 0 Å². The fourth-order valence-electron chi connectivity index (χ4n) is 2.45. The number of alkyl halides is 1. The van der Waals surface area contributed by atoms with Gasteiger partial charge in [-0.05, 0) is 48.2 Å². The molecule has 0 saturated carbocycles. The first kappa shape index (κ1) is 13.3. The lowest BCUT2D eigenvalue weighted by Crippen LogP contribution is -2.15. The van der Waals surface area contributed by atoms with Gasteiger partial charge in [0.1, 0.15) is 13.2 Å². The molecule has 0 N–H and O–H groups in total. The molecule has 20 heavy (non-hydrogen) atoms. The number of aryl methyl sites for hydroxylation is 1. The van der Waals surface area contributed by atoms with Gasteiger partial charge in [0, 0.05) is 0 Å². The predicted molar refractivity (Wildman–Crippen MR) is 81.0 cm³/mol. The highest BCUT2D eigenvalue weighted by Crippen LogP contribution is 2.38. The van der Waals surface area contributed by atoms with Crippen LogP contribution in [0.15, 0.2) is 36.4 Å². The monoisotopic (exact) mass is 288 g/mol. The van der Waals surface area contributed by atoms with E-state index in [1.807, 2.05) is 24.3 Å². The van der Waals surface area contributed by atoms with E-state index in [1.165, 1.54) is 11.1 Å². The maximum absolute atomic E-state index is 6.65. The van der Waals surface area contributed by atoms with Crippen LogP contribution in [0, 0.1) is 13.8 Å². The molecule has 1 aliphatic rings. The van der Waals surface area contributed by atoms with Gasteiger partial charge in [0.2, 0.25) is 0 Å². The normalized spacial score (nSPS) is 14.9. The van der Waals surface area contributed by atoms with Crippen LogP contribution in [0.3, 0.4) is 0 Å². The van der Waals surface area contributed by atoms with Crippen LogP contribution in [0.4, 0.5) is 0 Å². The van der Waals surface area contributed by atoms with Crippen LogP contribution >= 0.6 is 11.6 Å². The number of hydrogen-bond donors (Lipinski definition) is 0. The zero-order valence-corrected chi connectivity index (χ0v) is 12.4. The Morgan fingerprint density at radius 1 is 1.00 bits per heavy atom. The van der Waals surface area contributed by atoms with Gasteiger partial charge in [0.25, 0.3) is 0 Å². The van der Waals surface area contributed by atoms with E-state index in [4.69, 9.17) is 21.1 Å². The lowest BCUT2D eigenvalue weighted by molar-refractivity contribution is 0.171. The first-order valence-electron chi connectivity index (χ1n) is 6.76. The number of ether oxygens (including phenoxy) is 2. The fraction of sp³-hybridized carbons (Fsp3) is 0.294. The second-order valence-corrected chi connectivity index (χ2v) is 5.49. The molecule has 1 aliphatic heterocycles. The highest BCUT2D eigenvalue weighted by Gasteiger charge is 2.18. The van der Waals surface area contributed by atoms with Gasteiger partial charge in [0.05, 0.1) is 5.38 Å². The summed E-state index contributed by atoms with van der Waals surface area (Å²) in [6, 6.07) is 12.2. The van der Waals surface area contributed by atoms with E-state index in [1.54, 1.807) is 0 Å². The Labute approximate surface area is 124 Å². The molecule has 0 radical (unpaired) electrons. The zero-order valence-electron chi connectivity index (χ0n) is 11.7. The quantitative estimate of drug-likeness (QED) is 0.763. The molecule has 0 aliphatic carbocycles. The Morgan fingerprint density at radius 3 is 2.55 bits per heavy atom. The molecule has 0 bridgehead atoms. The van der Waals surface area contributed by atoms with E-state index < -0.39 is 0 Å². The van der Waals surface area contributed by atoms with Crippen LogP contribution in [0.1, 0.15) is 27.6 Å². The first-order valence-corrected chi connectivity index (χ1v) is 7.20. The minimum Gasteiger partial charge on any atom is -0.486 e. The zero-order chi connectivity index (χ0) is 14.1. The second kappa shape index (κ2) is 5.37. The van der Waals surface area contributed by atoms with Crippen molar-refractivity contribution >= 4 is 11.6 Å². The maximum Gasteiger partial charge on any atom is 0.161 e. The van der Waals surface area contributed by atoms with Crippen LogP contribution in [-0.4, -0.2) is 13.2 Å². The summed E-state index contributed by atoms with van der Waals surface area (Å²) in [5.74, 6) is 1.58. The smallest absolute Gasteiger partial charge is 0.161 e. The maximum atomic E-state index is 6.65. The average molecular weight is 289 g/mol. The van der Waals surface area contributed by atoms with E-state index >= 15 is 0 Å². The van der Waals surface area contributed by atoms with Crippen LogP contribution in [0.5, 0.6) is 11.5 Å². The van der Waals surface area contributed by atoms with Crippen molar-refractivity contribution in [2.24, 2.45) is 0 Å². The van der Waals surface area contributed by atoms with E-state index in [2.05, 4.69) is 26.0 Å². The number of rotatable bonds is 2. The van der Waals surface area contributed by atoms with Crippen molar-refractivity contribution in [3.8, 4) is 11.5 Å². The van der Waals surface area contributed by atoms with Gasteiger partial charge in [-0.15, -0.1) is 11.6 Å². The summed E-state index contributed by atoms with van der Waals surface area (Å²) in [6.07, 6.45) is 0. The van der Waals surface area contributed by atoms with Crippen molar-refractivity contribution in [2.75, 3.05) is 13.2 Å². The molecular weight excluding hydrogens is 272 g/mol. The molecule has 1 heterocycles. The number of benzene rings is 2. The Kier molecular flexibility index (Phi) is 3.58. The van der Waals surface area contributed by atoms with Crippen molar-refractivity contribution in [2.45, 2.75) is 19.2 Å². The molecule has 3 heteroatoms. The van der Waals surface area contributed by atoms with Crippen LogP contribution in [0.2, 0.25) is 0 Å². The number of halogens is 1. The summed E-state index contributed by atoms with van der Waals surface area (Å²) in [7, 11) is 0.